The molecule has 0 saturated heterocycles. The average molecular weight is 405 g/mol. The number of hydrogen-bond acceptors (Lipinski definition) is 6. The highest BCUT2D eigenvalue weighted by Gasteiger charge is 2.15. The molecule has 0 N–H and O–H groups in total. The van der Waals surface area contributed by atoms with Crippen LogP contribution < -0.4 is 5.56 Å². The second kappa shape index (κ2) is 8.36. The molecule has 2 heterocycles. The predicted molar refractivity (Wildman–Crippen MR) is 113 cm³/mol. The highest BCUT2D eigenvalue weighted by atomic mass is 32.1. The van der Waals surface area contributed by atoms with E-state index in [1.165, 1.54) is 16.0 Å². The summed E-state index contributed by atoms with van der Waals surface area (Å²) in [6.45, 7) is 2.31. The van der Waals surface area contributed by atoms with E-state index >= 15 is 0 Å². The van der Waals surface area contributed by atoms with E-state index < -0.39 is 0 Å². The molecule has 0 aliphatic carbocycles. The minimum atomic E-state index is -0.365. The van der Waals surface area contributed by atoms with Crippen molar-refractivity contribution in [2.45, 2.75) is 19.9 Å². The lowest BCUT2D eigenvalue weighted by molar-refractivity contribution is -0.142. The van der Waals surface area contributed by atoms with E-state index in [1.807, 2.05) is 41.8 Å². The fraction of sp³-hybridized carbons (Fsp3) is 0.182. The summed E-state index contributed by atoms with van der Waals surface area (Å²) in [5.74, 6) is -0.365. The largest absolute Gasteiger partial charge is 0.466 e. The molecule has 0 fully saturated rings. The molecule has 4 rings (SSSR count). The van der Waals surface area contributed by atoms with E-state index in [-0.39, 0.29) is 24.5 Å². The molecule has 0 unspecified atom stereocenters. The Morgan fingerprint density at radius 3 is 2.55 bits per heavy atom. The number of fused-ring (bicyclic) bond motifs is 1. The molecule has 0 amide bonds. The SMILES string of the molecule is CCOC(=O)Cc1nn(Cc2nc(-c3ccccc3)cs2)c(=O)c2ccccc12. The summed E-state index contributed by atoms with van der Waals surface area (Å²) in [6, 6.07) is 17.1. The van der Waals surface area contributed by atoms with Crippen LogP contribution in [-0.2, 0) is 22.5 Å². The van der Waals surface area contributed by atoms with Crippen molar-refractivity contribution in [3.63, 3.8) is 0 Å². The van der Waals surface area contributed by atoms with E-state index in [2.05, 4.69) is 10.1 Å². The van der Waals surface area contributed by atoms with E-state index in [0.717, 1.165) is 16.3 Å². The van der Waals surface area contributed by atoms with Crippen LogP contribution in [0.3, 0.4) is 0 Å². The van der Waals surface area contributed by atoms with Gasteiger partial charge in [-0.3, -0.25) is 9.59 Å². The van der Waals surface area contributed by atoms with Crippen molar-refractivity contribution >= 4 is 28.1 Å². The van der Waals surface area contributed by atoms with Crippen LogP contribution >= 0.6 is 11.3 Å². The third-order valence-corrected chi connectivity index (χ3v) is 5.30. The summed E-state index contributed by atoms with van der Waals surface area (Å²) in [4.78, 5) is 29.6. The topological polar surface area (TPSA) is 74.1 Å². The first kappa shape index (κ1) is 19.0. The number of hydrogen-bond donors (Lipinski definition) is 0. The predicted octanol–water partition coefficient (Wildman–Crippen LogP) is 3.67. The van der Waals surface area contributed by atoms with E-state index in [0.29, 0.717) is 23.1 Å². The molecule has 0 spiro atoms. The third-order valence-electron chi connectivity index (χ3n) is 4.47. The highest BCUT2D eigenvalue weighted by Crippen LogP contribution is 2.22. The molecule has 0 radical (unpaired) electrons. The minimum Gasteiger partial charge on any atom is -0.466 e. The maximum atomic E-state index is 12.9. The van der Waals surface area contributed by atoms with Gasteiger partial charge in [-0.25, -0.2) is 9.67 Å². The number of carbonyl (C=O) groups excluding carboxylic acids is 1. The lowest BCUT2D eigenvalue weighted by Gasteiger charge is -2.10. The number of rotatable bonds is 6. The van der Waals surface area contributed by atoms with Gasteiger partial charge in [-0.2, -0.15) is 5.10 Å². The zero-order valence-electron chi connectivity index (χ0n) is 15.9. The van der Waals surface area contributed by atoms with Crippen LogP contribution in [-0.4, -0.2) is 27.3 Å². The van der Waals surface area contributed by atoms with Gasteiger partial charge in [-0.15, -0.1) is 11.3 Å². The average Bonchev–Trinajstić information content (AvgIpc) is 3.21. The highest BCUT2D eigenvalue weighted by molar-refractivity contribution is 7.09. The molecule has 4 aromatic rings. The number of esters is 1. The maximum absolute atomic E-state index is 12.9. The summed E-state index contributed by atoms with van der Waals surface area (Å²) in [5, 5.41) is 8.41. The molecule has 6 nitrogen and oxygen atoms in total. The Hall–Kier alpha value is -3.32. The van der Waals surface area contributed by atoms with Crippen molar-refractivity contribution in [3.05, 3.63) is 81.0 Å². The van der Waals surface area contributed by atoms with Gasteiger partial charge < -0.3 is 4.74 Å². The van der Waals surface area contributed by atoms with Gasteiger partial charge >= 0.3 is 5.97 Å². The summed E-state index contributed by atoms with van der Waals surface area (Å²) in [5.41, 5.74) is 2.21. The molecule has 0 aliphatic heterocycles. The first-order chi connectivity index (χ1) is 14.2. The van der Waals surface area contributed by atoms with Crippen molar-refractivity contribution in [1.82, 2.24) is 14.8 Å². The Labute approximate surface area is 171 Å². The van der Waals surface area contributed by atoms with Crippen molar-refractivity contribution in [1.29, 1.82) is 0 Å². The first-order valence-electron chi connectivity index (χ1n) is 9.30. The second-order valence-electron chi connectivity index (χ2n) is 6.43. The fourth-order valence-electron chi connectivity index (χ4n) is 3.14. The first-order valence-corrected chi connectivity index (χ1v) is 10.2. The third kappa shape index (κ3) is 4.09. The molecular weight excluding hydrogens is 386 g/mol. The minimum absolute atomic E-state index is 0.0156. The molecule has 0 atom stereocenters. The van der Waals surface area contributed by atoms with Gasteiger partial charge in [0.25, 0.3) is 5.56 Å². The second-order valence-corrected chi connectivity index (χ2v) is 7.37. The summed E-state index contributed by atoms with van der Waals surface area (Å²) < 4.78 is 6.44. The summed E-state index contributed by atoms with van der Waals surface area (Å²) in [7, 11) is 0. The standard InChI is InChI=1S/C22H19N3O3S/c1-2-28-21(26)12-18-16-10-6-7-11-17(16)22(27)25(24-18)13-20-23-19(14-29-20)15-8-4-3-5-9-15/h3-11,14H,2,12-13H2,1H3. The van der Waals surface area contributed by atoms with Gasteiger partial charge in [0.15, 0.2) is 0 Å². The van der Waals surface area contributed by atoms with Crippen molar-refractivity contribution in [2.24, 2.45) is 0 Å². The zero-order chi connectivity index (χ0) is 20.2. The Morgan fingerprint density at radius 1 is 1.07 bits per heavy atom. The Morgan fingerprint density at radius 2 is 1.79 bits per heavy atom. The normalized spacial score (nSPS) is 10.9. The van der Waals surface area contributed by atoms with Crippen molar-refractivity contribution in [2.75, 3.05) is 6.61 Å². The number of carbonyl (C=O) groups is 1. The van der Waals surface area contributed by atoms with E-state index in [9.17, 15) is 9.59 Å². The number of nitrogens with zero attached hydrogens (tertiary/aromatic N) is 3. The van der Waals surface area contributed by atoms with Gasteiger partial charge in [0.1, 0.15) is 5.01 Å². The Kier molecular flexibility index (Phi) is 5.48. The van der Waals surface area contributed by atoms with E-state index in [4.69, 9.17) is 4.74 Å². The molecule has 2 aromatic carbocycles. The molecule has 29 heavy (non-hydrogen) atoms. The van der Waals surface area contributed by atoms with Gasteiger partial charge in [-0.1, -0.05) is 48.5 Å². The van der Waals surface area contributed by atoms with Crippen LogP contribution in [0.15, 0.2) is 64.8 Å². The van der Waals surface area contributed by atoms with Crippen LogP contribution in [0.4, 0.5) is 0 Å². The number of thiazole rings is 1. The van der Waals surface area contributed by atoms with Crippen LogP contribution in [0, 0.1) is 0 Å². The number of ether oxygens (including phenoxy) is 1. The van der Waals surface area contributed by atoms with Gasteiger partial charge in [0, 0.05) is 16.3 Å². The lowest BCUT2D eigenvalue weighted by Crippen LogP contribution is -2.26. The molecule has 7 heteroatoms. The van der Waals surface area contributed by atoms with Gasteiger partial charge in [0.05, 0.1) is 36.3 Å². The maximum Gasteiger partial charge on any atom is 0.311 e. The molecule has 0 aliphatic rings. The van der Waals surface area contributed by atoms with Crippen LogP contribution in [0.25, 0.3) is 22.0 Å². The van der Waals surface area contributed by atoms with E-state index in [1.54, 1.807) is 25.1 Å². The quantitative estimate of drug-likeness (QED) is 0.458. The van der Waals surface area contributed by atoms with Crippen LogP contribution in [0.5, 0.6) is 0 Å². The Balaban J connectivity index is 1.70. The smallest absolute Gasteiger partial charge is 0.311 e. The lowest BCUT2D eigenvalue weighted by atomic mass is 10.1. The van der Waals surface area contributed by atoms with Crippen LogP contribution in [0.2, 0.25) is 0 Å². The summed E-state index contributed by atoms with van der Waals surface area (Å²) >= 11 is 1.48. The Bertz CT molecular complexity index is 1210. The van der Waals surface area contributed by atoms with Crippen LogP contribution in [0.1, 0.15) is 17.6 Å². The molecule has 0 bridgehead atoms. The zero-order valence-corrected chi connectivity index (χ0v) is 16.7. The molecule has 146 valence electrons. The number of benzene rings is 2. The van der Waals surface area contributed by atoms with Gasteiger partial charge in [0.2, 0.25) is 0 Å². The van der Waals surface area contributed by atoms with Crippen molar-refractivity contribution < 1.29 is 9.53 Å². The van der Waals surface area contributed by atoms with Crippen molar-refractivity contribution in [3.8, 4) is 11.3 Å². The summed E-state index contributed by atoms with van der Waals surface area (Å²) in [6.07, 6.45) is 0.0156. The molecule has 2 aromatic heterocycles. The van der Waals surface area contributed by atoms with Gasteiger partial charge in [-0.05, 0) is 13.0 Å². The molecular formula is C22H19N3O3S. The molecule has 0 saturated carbocycles. The fourth-order valence-corrected chi connectivity index (χ4v) is 3.93. The monoisotopic (exact) mass is 405 g/mol. The number of aromatic nitrogens is 3.